The van der Waals surface area contributed by atoms with Crippen molar-refractivity contribution in [1.29, 1.82) is 0 Å². The van der Waals surface area contributed by atoms with E-state index in [0.29, 0.717) is 18.3 Å². The molecular weight excluding hydrogens is 478 g/mol. The molecule has 3 aromatic rings. The minimum Gasteiger partial charge on any atom is -0.450 e. The summed E-state index contributed by atoms with van der Waals surface area (Å²) in [6.45, 7) is 12.0. The van der Waals surface area contributed by atoms with Crippen LogP contribution < -0.4 is 10.6 Å². The molecule has 0 unspecified atom stereocenters. The average Bonchev–Trinajstić information content (AvgIpc) is 3.29. The molecule has 1 aromatic heterocycles. The van der Waals surface area contributed by atoms with Crippen LogP contribution in [0.3, 0.4) is 0 Å². The van der Waals surface area contributed by atoms with Gasteiger partial charge >= 0.3 is 12.1 Å². The molecule has 0 atom stereocenters. The van der Waals surface area contributed by atoms with Crippen LogP contribution in [0, 0.1) is 12.8 Å². The van der Waals surface area contributed by atoms with Gasteiger partial charge < -0.3 is 15.0 Å². The number of aryl methyl sites for hydroxylation is 1. The molecule has 1 fully saturated rings. The number of likely N-dealkylation sites (tertiary alicyclic amines) is 1. The van der Waals surface area contributed by atoms with E-state index in [2.05, 4.69) is 37.5 Å². The van der Waals surface area contributed by atoms with Gasteiger partial charge in [0.2, 0.25) is 0 Å². The molecule has 0 spiro atoms. The van der Waals surface area contributed by atoms with Crippen LogP contribution in [-0.2, 0) is 16.6 Å². The Morgan fingerprint density at radius 1 is 1.03 bits per heavy atom. The third kappa shape index (κ3) is 6.94. The molecule has 3 amide bonds. The highest BCUT2D eigenvalue weighted by molar-refractivity contribution is 5.99. The van der Waals surface area contributed by atoms with Crippen LogP contribution in [0.2, 0.25) is 0 Å². The third-order valence-corrected chi connectivity index (χ3v) is 6.85. The van der Waals surface area contributed by atoms with Crippen LogP contribution in [0.25, 0.3) is 5.69 Å². The van der Waals surface area contributed by atoms with Crippen LogP contribution in [-0.4, -0.2) is 46.5 Å². The predicted octanol–water partition coefficient (Wildman–Crippen LogP) is 6.53. The minimum absolute atomic E-state index is 0.163. The summed E-state index contributed by atoms with van der Waals surface area (Å²) in [5.41, 5.74) is 4.68. The molecule has 1 aliphatic heterocycles. The summed E-state index contributed by atoms with van der Waals surface area (Å²) >= 11 is 0. The molecule has 8 nitrogen and oxygen atoms in total. The number of piperidine rings is 1. The van der Waals surface area contributed by atoms with Crippen LogP contribution in [0.1, 0.15) is 57.4 Å². The summed E-state index contributed by atoms with van der Waals surface area (Å²) in [7, 11) is 0. The molecule has 2 aromatic carbocycles. The van der Waals surface area contributed by atoms with Crippen LogP contribution in [0.5, 0.6) is 0 Å². The molecule has 0 saturated carbocycles. The summed E-state index contributed by atoms with van der Waals surface area (Å²) in [4.78, 5) is 26.8. The molecule has 2 heterocycles. The molecular formula is C30H39N5O3. The number of urea groups is 1. The van der Waals surface area contributed by atoms with Gasteiger partial charge in [0, 0.05) is 30.3 Å². The number of amides is 3. The van der Waals surface area contributed by atoms with Gasteiger partial charge in [-0.25, -0.2) is 14.3 Å². The van der Waals surface area contributed by atoms with Gasteiger partial charge in [-0.3, -0.25) is 5.32 Å². The first-order chi connectivity index (χ1) is 18.1. The lowest BCUT2D eigenvalue weighted by Crippen LogP contribution is -2.39. The van der Waals surface area contributed by atoms with Gasteiger partial charge in [0.15, 0.2) is 0 Å². The van der Waals surface area contributed by atoms with E-state index >= 15 is 0 Å². The zero-order valence-corrected chi connectivity index (χ0v) is 23.1. The van der Waals surface area contributed by atoms with Gasteiger partial charge in [-0.2, -0.15) is 5.10 Å². The monoisotopic (exact) mass is 517 g/mol. The second-order valence-corrected chi connectivity index (χ2v) is 11.0. The van der Waals surface area contributed by atoms with Crippen molar-refractivity contribution >= 4 is 23.6 Å². The largest absolute Gasteiger partial charge is 0.450 e. The number of hydrogen-bond donors (Lipinski definition) is 2. The minimum atomic E-state index is -0.321. The quantitative estimate of drug-likeness (QED) is 0.389. The first kappa shape index (κ1) is 27.2. The van der Waals surface area contributed by atoms with E-state index < -0.39 is 0 Å². The maximum Gasteiger partial charge on any atom is 0.409 e. The summed E-state index contributed by atoms with van der Waals surface area (Å²) < 4.78 is 6.90. The van der Waals surface area contributed by atoms with Crippen molar-refractivity contribution in [3.8, 4) is 5.69 Å². The number of aromatic nitrogens is 2. The van der Waals surface area contributed by atoms with Crippen molar-refractivity contribution in [3.63, 3.8) is 0 Å². The van der Waals surface area contributed by atoms with Crippen molar-refractivity contribution in [2.75, 3.05) is 30.3 Å². The lowest BCUT2D eigenvalue weighted by Gasteiger charge is -2.31. The number of nitrogens with one attached hydrogen (secondary N) is 2. The van der Waals surface area contributed by atoms with Crippen molar-refractivity contribution in [2.24, 2.45) is 5.92 Å². The van der Waals surface area contributed by atoms with Crippen molar-refractivity contribution < 1.29 is 14.3 Å². The Kier molecular flexibility index (Phi) is 8.39. The fourth-order valence-corrected chi connectivity index (χ4v) is 4.64. The molecule has 1 saturated heterocycles. The summed E-state index contributed by atoms with van der Waals surface area (Å²) in [6, 6.07) is 17.6. The fraction of sp³-hybridized carbons (Fsp3) is 0.433. The van der Waals surface area contributed by atoms with Gasteiger partial charge in [0.25, 0.3) is 0 Å². The number of benzene rings is 2. The average molecular weight is 518 g/mol. The summed E-state index contributed by atoms with van der Waals surface area (Å²) in [5, 5.41) is 10.8. The van der Waals surface area contributed by atoms with Crippen LogP contribution >= 0.6 is 0 Å². The van der Waals surface area contributed by atoms with Crippen molar-refractivity contribution in [2.45, 2.75) is 59.3 Å². The molecule has 4 rings (SSSR count). The molecule has 2 N–H and O–H groups in total. The molecule has 0 bridgehead atoms. The molecule has 38 heavy (non-hydrogen) atoms. The van der Waals surface area contributed by atoms with E-state index in [-0.39, 0.29) is 17.5 Å². The number of ether oxygens (including phenoxy) is 1. The van der Waals surface area contributed by atoms with Crippen molar-refractivity contribution in [3.05, 3.63) is 71.4 Å². The first-order valence-electron chi connectivity index (χ1n) is 13.4. The van der Waals surface area contributed by atoms with E-state index in [4.69, 9.17) is 9.84 Å². The number of nitrogens with zero attached hydrogens (tertiary/aromatic N) is 3. The predicted molar refractivity (Wildman–Crippen MR) is 151 cm³/mol. The highest BCUT2D eigenvalue weighted by Crippen LogP contribution is 2.27. The van der Waals surface area contributed by atoms with E-state index in [1.807, 2.05) is 62.4 Å². The lowest BCUT2D eigenvalue weighted by molar-refractivity contribution is 0.0918. The Morgan fingerprint density at radius 3 is 2.39 bits per heavy atom. The molecule has 8 heteroatoms. The summed E-state index contributed by atoms with van der Waals surface area (Å²) in [5.74, 6) is 1.10. The van der Waals surface area contributed by atoms with E-state index in [1.54, 1.807) is 9.58 Å². The van der Waals surface area contributed by atoms with Gasteiger partial charge in [0.1, 0.15) is 5.82 Å². The highest BCUT2D eigenvalue weighted by Gasteiger charge is 2.24. The normalized spacial score (nSPS) is 14.3. The Morgan fingerprint density at radius 2 is 1.74 bits per heavy atom. The maximum absolute atomic E-state index is 13.0. The number of hydrogen-bond acceptors (Lipinski definition) is 4. The number of anilines is 2. The number of carbonyl (C=O) groups excluding carboxylic acids is 2. The Balaban J connectivity index is 1.40. The zero-order chi connectivity index (χ0) is 27.3. The van der Waals surface area contributed by atoms with Gasteiger partial charge in [0.05, 0.1) is 18.0 Å². The topological polar surface area (TPSA) is 88.5 Å². The second kappa shape index (κ2) is 11.7. The SMILES string of the molecule is CCOC(=O)N1CCC(Cc2cccc(NC(=O)Nc3cc(C(C)(C)C)nn3-c3ccc(C)cc3)c2)CC1. The highest BCUT2D eigenvalue weighted by atomic mass is 16.6. The first-order valence-corrected chi connectivity index (χ1v) is 13.4. The summed E-state index contributed by atoms with van der Waals surface area (Å²) in [6.07, 6.45) is 2.57. The standard InChI is InChI=1S/C30H39N5O3/c1-6-38-29(37)34-16-14-22(15-17-34)18-23-8-7-9-24(19-23)31-28(36)32-27-20-26(30(3,4)5)33-35(27)25-12-10-21(2)11-13-25/h7-13,19-20,22H,6,14-18H2,1-5H3,(H2,31,32,36). The Bertz CT molecular complexity index is 1250. The number of rotatable bonds is 6. The van der Waals surface area contributed by atoms with Gasteiger partial charge in [-0.15, -0.1) is 0 Å². The smallest absolute Gasteiger partial charge is 0.409 e. The number of carbonyl (C=O) groups is 2. The maximum atomic E-state index is 13.0. The van der Waals surface area contributed by atoms with E-state index in [9.17, 15) is 9.59 Å². The third-order valence-electron chi connectivity index (χ3n) is 6.85. The second-order valence-electron chi connectivity index (χ2n) is 11.0. The zero-order valence-electron chi connectivity index (χ0n) is 23.1. The van der Waals surface area contributed by atoms with Crippen LogP contribution in [0.15, 0.2) is 54.6 Å². The molecule has 0 radical (unpaired) electrons. The fourth-order valence-electron chi connectivity index (χ4n) is 4.64. The van der Waals surface area contributed by atoms with Crippen molar-refractivity contribution in [1.82, 2.24) is 14.7 Å². The van der Waals surface area contributed by atoms with Gasteiger partial charge in [-0.05, 0) is 68.9 Å². The Hall–Kier alpha value is -3.81. The van der Waals surface area contributed by atoms with Crippen LogP contribution in [0.4, 0.5) is 21.1 Å². The molecule has 0 aliphatic carbocycles. The lowest BCUT2D eigenvalue weighted by atomic mass is 9.90. The van der Waals surface area contributed by atoms with E-state index in [0.717, 1.165) is 60.5 Å². The molecule has 1 aliphatic rings. The molecule has 202 valence electrons. The van der Waals surface area contributed by atoms with E-state index in [1.165, 1.54) is 0 Å². The Labute approximate surface area is 225 Å². The van der Waals surface area contributed by atoms with Gasteiger partial charge in [-0.1, -0.05) is 50.6 Å².